The highest BCUT2D eigenvalue weighted by molar-refractivity contribution is 6.12. The van der Waals surface area contributed by atoms with Crippen LogP contribution >= 0.6 is 0 Å². The molecule has 0 aromatic rings. The van der Waals surface area contributed by atoms with Gasteiger partial charge in [-0.1, -0.05) is 17.7 Å². The van der Waals surface area contributed by atoms with Crippen molar-refractivity contribution < 1.29 is 9.59 Å². The Bertz CT molecular complexity index is 611. The molecule has 2 rings (SSSR count). The van der Waals surface area contributed by atoms with Gasteiger partial charge in [-0.3, -0.25) is 9.59 Å². The summed E-state index contributed by atoms with van der Waals surface area (Å²) in [5.74, 6) is 0.00714. The summed E-state index contributed by atoms with van der Waals surface area (Å²) in [7, 11) is 0. The molecule has 98 valence electrons. The van der Waals surface area contributed by atoms with Crippen molar-refractivity contribution >= 4 is 11.6 Å². The van der Waals surface area contributed by atoms with E-state index < -0.39 is 0 Å². The number of fused-ring (bicyclic) bond motifs is 1. The van der Waals surface area contributed by atoms with Gasteiger partial charge in [-0.2, -0.15) is 0 Å². The summed E-state index contributed by atoms with van der Waals surface area (Å²) in [5.41, 5.74) is 6.35. The van der Waals surface area contributed by atoms with Gasteiger partial charge in [0.25, 0.3) is 0 Å². The van der Waals surface area contributed by atoms with Crippen LogP contribution in [0.4, 0.5) is 0 Å². The van der Waals surface area contributed by atoms with Crippen LogP contribution in [0.5, 0.6) is 0 Å². The van der Waals surface area contributed by atoms with Gasteiger partial charge in [-0.15, -0.1) is 0 Å². The first-order chi connectivity index (χ1) is 8.82. The fourth-order valence-corrected chi connectivity index (χ4v) is 2.80. The Kier molecular flexibility index (Phi) is 3.27. The lowest BCUT2D eigenvalue weighted by molar-refractivity contribution is 0.101. The van der Waals surface area contributed by atoms with E-state index in [1.807, 2.05) is 20.8 Å². The van der Waals surface area contributed by atoms with E-state index in [4.69, 9.17) is 0 Å². The molecule has 0 fully saturated rings. The Morgan fingerprint density at radius 2 is 1.11 bits per heavy atom. The quantitative estimate of drug-likeness (QED) is 0.755. The van der Waals surface area contributed by atoms with E-state index in [1.165, 1.54) is 0 Å². The first-order valence-corrected chi connectivity index (χ1v) is 6.39. The van der Waals surface area contributed by atoms with E-state index in [1.54, 1.807) is 19.9 Å². The van der Waals surface area contributed by atoms with Crippen molar-refractivity contribution in [3.8, 4) is 11.1 Å². The minimum absolute atomic E-state index is 0.00357. The molecular formula is C17H18O2. The van der Waals surface area contributed by atoms with Crippen LogP contribution in [0.1, 0.15) is 51.3 Å². The number of Topliss-reactive ketones (excluding diaryl/α,β-unsaturated/α-hetero) is 2. The van der Waals surface area contributed by atoms with Crippen LogP contribution in [-0.4, -0.2) is 11.6 Å². The molecule has 19 heavy (non-hydrogen) atoms. The first kappa shape index (κ1) is 13.5. The summed E-state index contributed by atoms with van der Waals surface area (Å²) in [5, 5.41) is 0. The van der Waals surface area contributed by atoms with Crippen molar-refractivity contribution in [3.63, 3.8) is 0 Å². The van der Waals surface area contributed by atoms with Gasteiger partial charge >= 0.3 is 0 Å². The number of carbonyl (C=O) groups excluding carboxylic acids is 2. The van der Waals surface area contributed by atoms with E-state index >= 15 is 0 Å². The fraction of sp³-hybridized carbons (Fsp3) is 0.294. The summed E-state index contributed by atoms with van der Waals surface area (Å²) in [6.45, 7) is 9.11. The highest BCUT2D eigenvalue weighted by Crippen LogP contribution is 2.38. The zero-order valence-electron chi connectivity index (χ0n) is 12.0. The summed E-state index contributed by atoms with van der Waals surface area (Å²) < 4.78 is 0. The molecule has 0 heterocycles. The zero-order chi connectivity index (χ0) is 14.3. The minimum Gasteiger partial charge on any atom is -0.294 e. The van der Waals surface area contributed by atoms with Crippen molar-refractivity contribution in [1.82, 2.24) is 0 Å². The molecule has 0 unspecified atom stereocenters. The standard InChI is InChI=1S/C17H18O2/c1-9-6-10(2)16-14(12(4)18)8-15(13(5)19)17(16)11(3)7-9/h6-8H,1-5H3. The monoisotopic (exact) mass is 254 g/mol. The lowest BCUT2D eigenvalue weighted by Crippen LogP contribution is -1.93. The number of aryl methyl sites for hydroxylation is 3. The molecule has 0 saturated carbocycles. The molecule has 2 heteroatoms. The Hall–Kier alpha value is -1.96. The molecule has 0 amide bonds. The molecule has 0 bridgehead atoms. The van der Waals surface area contributed by atoms with Crippen LogP contribution in [0, 0.1) is 20.8 Å². The lowest BCUT2D eigenvalue weighted by Gasteiger charge is -2.05. The second kappa shape index (κ2) is 4.61. The van der Waals surface area contributed by atoms with Crippen LogP contribution in [0.15, 0.2) is 18.2 Å². The van der Waals surface area contributed by atoms with Gasteiger partial charge in [0.05, 0.1) is 0 Å². The predicted octanol–water partition coefficient (Wildman–Crippen LogP) is 4.12. The van der Waals surface area contributed by atoms with Crippen molar-refractivity contribution in [2.24, 2.45) is 0 Å². The van der Waals surface area contributed by atoms with E-state index in [9.17, 15) is 9.59 Å². The van der Waals surface area contributed by atoms with Crippen molar-refractivity contribution in [3.05, 3.63) is 46.0 Å². The van der Waals surface area contributed by atoms with Crippen molar-refractivity contribution in [2.45, 2.75) is 34.6 Å². The molecule has 2 aliphatic carbocycles. The Balaban J connectivity index is 2.99. The highest BCUT2D eigenvalue weighted by atomic mass is 16.1. The first-order valence-electron chi connectivity index (χ1n) is 6.39. The molecule has 0 aliphatic heterocycles. The Labute approximate surface area is 113 Å². The van der Waals surface area contributed by atoms with E-state index in [0.29, 0.717) is 11.1 Å². The summed E-state index contributed by atoms with van der Waals surface area (Å²) in [6.07, 6.45) is 0. The second-order valence-electron chi connectivity index (χ2n) is 5.23. The maximum absolute atomic E-state index is 11.8. The Morgan fingerprint density at radius 3 is 1.42 bits per heavy atom. The molecule has 0 saturated heterocycles. The average Bonchev–Trinajstić information content (AvgIpc) is 2.63. The van der Waals surface area contributed by atoms with Crippen LogP contribution in [0.25, 0.3) is 11.1 Å². The van der Waals surface area contributed by atoms with E-state index in [0.717, 1.165) is 27.8 Å². The highest BCUT2D eigenvalue weighted by Gasteiger charge is 2.23. The largest absolute Gasteiger partial charge is 0.294 e. The molecule has 0 aromatic heterocycles. The maximum Gasteiger partial charge on any atom is 0.160 e. The summed E-state index contributed by atoms with van der Waals surface area (Å²) in [4.78, 5) is 23.7. The predicted molar refractivity (Wildman–Crippen MR) is 77.3 cm³/mol. The molecule has 2 nitrogen and oxygen atoms in total. The van der Waals surface area contributed by atoms with Crippen LogP contribution < -0.4 is 0 Å². The van der Waals surface area contributed by atoms with Gasteiger partial charge in [0.1, 0.15) is 0 Å². The zero-order valence-corrected chi connectivity index (χ0v) is 12.0. The Morgan fingerprint density at radius 1 is 0.737 bits per heavy atom. The van der Waals surface area contributed by atoms with Crippen LogP contribution in [-0.2, 0) is 0 Å². The van der Waals surface area contributed by atoms with Gasteiger partial charge in [0.2, 0.25) is 0 Å². The minimum atomic E-state index is 0.00357. The van der Waals surface area contributed by atoms with Crippen molar-refractivity contribution in [1.29, 1.82) is 0 Å². The van der Waals surface area contributed by atoms with E-state index in [2.05, 4.69) is 12.1 Å². The van der Waals surface area contributed by atoms with Gasteiger partial charge < -0.3 is 0 Å². The average molecular weight is 254 g/mol. The number of carbonyl (C=O) groups is 2. The number of ketones is 2. The molecule has 0 spiro atoms. The van der Waals surface area contributed by atoms with Gasteiger partial charge in [0.15, 0.2) is 11.6 Å². The summed E-state index contributed by atoms with van der Waals surface area (Å²) >= 11 is 0. The molecule has 0 radical (unpaired) electrons. The molecular weight excluding hydrogens is 236 g/mol. The number of hydrogen-bond donors (Lipinski definition) is 0. The van der Waals surface area contributed by atoms with Gasteiger partial charge in [-0.05, 0) is 62.9 Å². The maximum atomic E-state index is 11.8. The molecule has 0 N–H and O–H groups in total. The van der Waals surface area contributed by atoms with Crippen LogP contribution in [0.3, 0.4) is 0 Å². The van der Waals surface area contributed by atoms with Gasteiger partial charge in [0, 0.05) is 11.1 Å². The number of rotatable bonds is 2. The fourth-order valence-electron chi connectivity index (χ4n) is 2.80. The normalized spacial score (nSPS) is 10.8. The second-order valence-corrected chi connectivity index (χ2v) is 5.23. The smallest absolute Gasteiger partial charge is 0.160 e. The van der Waals surface area contributed by atoms with Crippen LogP contribution in [0.2, 0.25) is 0 Å². The topological polar surface area (TPSA) is 34.1 Å². The van der Waals surface area contributed by atoms with E-state index in [-0.39, 0.29) is 11.6 Å². The van der Waals surface area contributed by atoms with Gasteiger partial charge in [-0.25, -0.2) is 0 Å². The third kappa shape index (κ3) is 2.19. The van der Waals surface area contributed by atoms with Crippen molar-refractivity contribution in [2.75, 3.05) is 0 Å². The number of hydrogen-bond acceptors (Lipinski definition) is 2. The third-order valence-corrected chi connectivity index (χ3v) is 3.51. The molecule has 0 aromatic carbocycles. The molecule has 2 aliphatic rings. The molecule has 0 atom stereocenters. The lowest BCUT2D eigenvalue weighted by atomic mass is 9.97. The third-order valence-electron chi connectivity index (χ3n) is 3.51. The SMILES string of the molecule is CC(=O)c1cc(C(C)=O)c2c(C)cc(C)cc(C)c1-2. The summed E-state index contributed by atoms with van der Waals surface area (Å²) in [6, 6.07) is 5.86.